The molecular formula is C20H30N2O3. The Morgan fingerprint density at radius 2 is 2.04 bits per heavy atom. The van der Waals surface area contributed by atoms with Gasteiger partial charge in [-0.25, -0.2) is 0 Å². The van der Waals surface area contributed by atoms with Crippen molar-refractivity contribution in [3.8, 4) is 5.75 Å². The Morgan fingerprint density at radius 1 is 1.32 bits per heavy atom. The number of carbonyl (C=O) groups excluding carboxylic acids is 2. The van der Waals surface area contributed by atoms with Gasteiger partial charge in [0.2, 0.25) is 11.8 Å². The molecule has 1 aliphatic heterocycles. The van der Waals surface area contributed by atoms with Gasteiger partial charge in [-0.3, -0.25) is 9.59 Å². The molecule has 0 aromatic heterocycles. The Bertz CT molecular complexity index is 571. The molecule has 2 atom stereocenters. The lowest BCUT2D eigenvalue weighted by atomic mass is 9.96. The predicted octanol–water partition coefficient (Wildman–Crippen LogP) is 2.78. The van der Waals surface area contributed by atoms with Crippen molar-refractivity contribution < 1.29 is 14.3 Å². The van der Waals surface area contributed by atoms with Crippen LogP contribution in [0.25, 0.3) is 0 Å². The minimum atomic E-state index is -0.0899. The number of nitrogens with zero attached hydrogens (tertiary/aromatic N) is 1. The maximum absolute atomic E-state index is 12.6. The first kappa shape index (κ1) is 19.3. The molecule has 2 rings (SSSR count). The average molecular weight is 346 g/mol. The van der Waals surface area contributed by atoms with Crippen LogP contribution in [0.15, 0.2) is 24.3 Å². The van der Waals surface area contributed by atoms with Crippen LogP contribution in [-0.2, 0) is 16.0 Å². The molecule has 0 aliphatic carbocycles. The first-order valence-electron chi connectivity index (χ1n) is 9.24. The van der Waals surface area contributed by atoms with E-state index in [-0.39, 0.29) is 23.8 Å². The number of rotatable bonds is 7. The Morgan fingerprint density at radius 3 is 2.68 bits per heavy atom. The zero-order chi connectivity index (χ0) is 18.2. The highest BCUT2D eigenvalue weighted by Gasteiger charge is 2.28. The topological polar surface area (TPSA) is 58.6 Å². The van der Waals surface area contributed by atoms with Gasteiger partial charge in [-0.2, -0.15) is 0 Å². The second-order valence-corrected chi connectivity index (χ2v) is 6.90. The SMILES string of the molecule is CCC[C@H](C)NC(=O)[C@@H]1CCCN(C(=O)Cc2ccc(OC)cc2)C1. The lowest BCUT2D eigenvalue weighted by Gasteiger charge is -2.32. The second-order valence-electron chi connectivity index (χ2n) is 6.90. The van der Waals surface area contributed by atoms with Gasteiger partial charge in [0.25, 0.3) is 0 Å². The number of amides is 2. The van der Waals surface area contributed by atoms with Gasteiger partial charge >= 0.3 is 0 Å². The van der Waals surface area contributed by atoms with E-state index in [9.17, 15) is 9.59 Å². The Hall–Kier alpha value is -2.04. The number of methoxy groups -OCH3 is 1. The molecule has 0 bridgehead atoms. The zero-order valence-electron chi connectivity index (χ0n) is 15.6. The first-order chi connectivity index (χ1) is 12.0. The van der Waals surface area contributed by atoms with E-state index in [0.29, 0.717) is 13.0 Å². The Balaban J connectivity index is 1.88. The molecule has 1 saturated heterocycles. The number of benzene rings is 1. The number of likely N-dealkylation sites (tertiary alicyclic amines) is 1. The summed E-state index contributed by atoms with van der Waals surface area (Å²) >= 11 is 0. The Kier molecular flexibility index (Phi) is 7.29. The molecule has 1 aliphatic rings. The van der Waals surface area contributed by atoms with Crippen LogP contribution in [0.1, 0.15) is 45.1 Å². The summed E-state index contributed by atoms with van der Waals surface area (Å²) in [7, 11) is 1.63. The molecular weight excluding hydrogens is 316 g/mol. The van der Waals surface area contributed by atoms with Gasteiger partial charge in [0.15, 0.2) is 0 Å². The number of ether oxygens (including phenoxy) is 1. The normalized spacial score (nSPS) is 18.5. The summed E-state index contributed by atoms with van der Waals surface area (Å²) in [5, 5.41) is 3.08. The molecule has 5 nitrogen and oxygen atoms in total. The van der Waals surface area contributed by atoms with E-state index in [1.54, 1.807) is 7.11 Å². The molecule has 1 aromatic carbocycles. The number of piperidine rings is 1. The minimum Gasteiger partial charge on any atom is -0.497 e. The van der Waals surface area contributed by atoms with E-state index >= 15 is 0 Å². The average Bonchev–Trinajstić information content (AvgIpc) is 2.62. The summed E-state index contributed by atoms with van der Waals surface area (Å²) in [5.74, 6) is 0.868. The van der Waals surface area contributed by atoms with E-state index in [1.165, 1.54) is 0 Å². The summed E-state index contributed by atoms with van der Waals surface area (Å²) in [6, 6.07) is 7.76. The van der Waals surface area contributed by atoms with Crippen molar-refractivity contribution in [3.63, 3.8) is 0 Å². The van der Waals surface area contributed by atoms with E-state index in [2.05, 4.69) is 12.2 Å². The predicted molar refractivity (Wildman–Crippen MR) is 98.5 cm³/mol. The van der Waals surface area contributed by atoms with Gasteiger partial charge in [-0.1, -0.05) is 25.5 Å². The third-order valence-electron chi connectivity index (χ3n) is 4.77. The highest BCUT2D eigenvalue weighted by Crippen LogP contribution is 2.19. The van der Waals surface area contributed by atoms with Crippen LogP contribution >= 0.6 is 0 Å². The molecule has 25 heavy (non-hydrogen) atoms. The fourth-order valence-corrected chi connectivity index (χ4v) is 3.31. The van der Waals surface area contributed by atoms with Crippen LogP contribution < -0.4 is 10.1 Å². The highest BCUT2D eigenvalue weighted by molar-refractivity contribution is 5.82. The van der Waals surface area contributed by atoms with E-state index in [0.717, 1.165) is 43.5 Å². The summed E-state index contributed by atoms with van der Waals surface area (Å²) in [6.07, 6.45) is 4.15. The number of hydrogen-bond acceptors (Lipinski definition) is 3. The van der Waals surface area contributed by atoms with E-state index in [1.807, 2.05) is 36.1 Å². The third kappa shape index (κ3) is 5.76. The van der Waals surface area contributed by atoms with Crippen LogP contribution in [-0.4, -0.2) is 43.0 Å². The third-order valence-corrected chi connectivity index (χ3v) is 4.77. The lowest BCUT2D eigenvalue weighted by Crippen LogP contribution is -2.47. The van der Waals surface area contributed by atoms with Crippen molar-refractivity contribution in [3.05, 3.63) is 29.8 Å². The van der Waals surface area contributed by atoms with Crippen LogP contribution in [0.3, 0.4) is 0 Å². The quantitative estimate of drug-likeness (QED) is 0.826. The smallest absolute Gasteiger partial charge is 0.227 e. The van der Waals surface area contributed by atoms with Gasteiger partial charge in [0.1, 0.15) is 5.75 Å². The van der Waals surface area contributed by atoms with Gasteiger partial charge in [0.05, 0.1) is 19.4 Å². The molecule has 0 spiro atoms. The standard InChI is InChI=1S/C20H30N2O3/c1-4-6-15(2)21-20(24)17-7-5-12-22(14-17)19(23)13-16-8-10-18(25-3)11-9-16/h8-11,15,17H,4-7,12-14H2,1-3H3,(H,21,24)/t15-,17+/m0/s1. The largest absolute Gasteiger partial charge is 0.497 e. The number of hydrogen-bond donors (Lipinski definition) is 1. The molecule has 138 valence electrons. The minimum absolute atomic E-state index is 0.0860. The van der Waals surface area contributed by atoms with E-state index in [4.69, 9.17) is 4.74 Å². The Labute approximate surface area is 150 Å². The number of carbonyl (C=O) groups is 2. The lowest BCUT2D eigenvalue weighted by molar-refractivity contribution is -0.135. The van der Waals surface area contributed by atoms with Gasteiger partial charge in [-0.15, -0.1) is 0 Å². The fourth-order valence-electron chi connectivity index (χ4n) is 3.31. The maximum Gasteiger partial charge on any atom is 0.227 e. The van der Waals surface area contributed by atoms with Gasteiger partial charge in [0, 0.05) is 19.1 Å². The molecule has 0 saturated carbocycles. The fraction of sp³-hybridized carbons (Fsp3) is 0.600. The van der Waals surface area contributed by atoms with Crippen LogP contribution in [0.5, 0.6) is 5.75 Å². The van der Waals surface area contributed by atoms with Crippen LogP contribution in [0.4, 0.5) is 0 Å². The highest BCUT2D eigenvalue weighted by atomic mass is 16.5. The summed E-state index contributed by atoms with van der Waals surface area (Å²) in [6.45, 7) is 5.42. The zero-order valence-corrected chi connectivity index (χ0v) is 15.6. The molecule has 1 N–H and O–H groups in total. The van der Waals surface area contributed by atoms with Gasteiger partial charge in [-0.05, 0) is 43.9 Å². The molecule has 1 fully saturated rings. The molecule has 1 heterocycles. The van der Waals surface area contributed by atoms with Crippen molar-refractivity contribution >= 4 is 11.8 Å². The molecule has 0 unspecified atom stereocenters. The second kappa shape index (κ2) is 9.44. The van der Waals surface area contributed by atoms with Crippen LogP contribution in [0, 0.1) is 5.92 Å². The number of nitrogens with one attached hydrogen (secondary N) is 1. The summed E-state index contributed by atoms with van der Waals surface area (Å²) in [5.41, 5.74) is 0.967. The van der Waals surface area contributed by atoms with Crippen molar-refractivity contribution in [2.24, 2.45) is 5.92 Å². The monoisotopic (exact) mass is 346 g/mol. The molecule has 0 radical (unpaired) electrons. The molecule has 1 aromatic rings. The maximum atomic E-state index is 12.6. The van der Waals surface area contributed by atoms with Crippen molar-refractivity contribution in [1.29, 1.82) is 0 Å². The van der Waals surface area contributed by atoms with Gasteiger partial charge < -0.3 is 15.0 Å². The molecule has 5 heteroatoms. The van der Waals surface area contributed by atoms with Crippen molar-refractivity contribution in [2.75, 3.05) is 20.2 Å². The summed E-state index contributed by atoms with van der Waals surface area (Å²) < 4.78 is 5.14. The van der Waals surface area contributed by atoms with Crippen molar-refractivity contribution in [2.45, 2.75) is 52.0 Å². The molecule has 2 amide bonds. The van der Waals surface area contributed by atoms with E-state index < -0.39 is 0 Å². The first-order valence-corrected chi connectivity index (χ1v) is 9.24. The summed E-state index contributed by atoms with van der Waals surface area (Å²) in [4.78, 5) is 26.8. The van der Waals surface area contributed by atoms with Crippen molar-refractivity contribution in [1.82, 2.24) is 10.2 Å². The van der Waals surface area contributed by atoms with Crippen LogP contribution in [0.2, 0.25) is 0 Å².